The molecule has 1 heteroatoms. The van der Waals surface area contributed by atoms with Gasteiger partial charge in [0.25, 0.3) is 0 Å². The molecule has 128 valence electrons. The highest BCUT2D eigenvalue weighted by molar-refractivity contribution is 5.31. The minimum atomic E-state index is -0.452. The Balaban J connectivity index is 2.12. The fourth-order valence-electron chi connectivity index (χ4n) is 2.86. The first-order valence-electron chi connectivity index (χ1n) is 8.97. The summed E-state index contributed by atoms with van der Waals surface area (Å²) in [7, 11) is 0. The molecular weight excluding hydrogens is 304 g/mol. The summed E-state index contributed by atoms with van der Waals surface area (Å²) in [6, 6.07) is 16.6. The van der Waals surface area contributed by atoms with E-state index >= 15 is 0 Å². The van der Waals surface area contributed by atoms with Crippen molar-refractivity contribution in [2.45, 2.75) is 51.7 Å². The average Bonchev–Trinajstić information content (AvgIpc) is 2.65. The van der Waals surface area contributed by atoms with E-state index in [4.69, 9.17) is 17.6 Å². The average molecular weight is 330 g/mol. The number of aryl methyl sites for hydroxylation is 2. The van der Waals surface area contributed by atoms with Crippen LogP contribution in [0.1, 0.15) is 61.2 Å². The summed E-state index contributed by atoms with van der Waals surface area (Å²) in [6.45, 7) is 4.34. The van der Waals surface area contributed by atoms with Crippen LogP contribution in [0.25, 0.3) is 0 Å². The molecule has 0 aliphatic rings. The van der Waals surface area contributed by atoms with E-state index in [9.17, 15) is 0 Å². The van der Waals surface area contributed by atoms with Crippen LogP contribution < -0.4 is 0 Å². The summed E-state index contributed by atoms with van der Waals surface area (Å²) in [5, 5.41) is 0. The van der Waals surface area contributed by atoms with E-state index < -0.39 is 12.2 Å². The van der Waals surface area contributed by atoms with Gasteiger partial charge < -0.3 is 4.74 Å². The molecule has 2 aromatic rings. The standard InChI is InChI=1S/C24H26O/c1-5-9-19-11-15-21(16-12-19)23(7-3)25-24(8-4)22-17-13-20(10-6-2)14-18-22/h3-4,11-18,23-24H,5-6,9-10H2,1-2H3. The monoisotopic (exact) mass is 330 g/mol. The Labute approximate surface area is 152 Å². The van der Waals surface area contributed by atoms with Gasteiger partial charge in [0.05, 0.1) is 0 Å². The lowest BCUT2D eigenvalue weighted by molar-refractivity contribution is 0.0516. The third-order valence-corrected chi connectivity index (χ3v) is 4.22. The van der Waals surface area contributed by atoms with E-state index in [1.165, 1.54) is 11.1 Å². The zero-order valence-corrected chi connectivity index (χ0v) is 15.2. The van der Waals surface area contributed by atoms with Crippen LogP contribution in [-0.2, 0) is 17.6 Å². The number of terminal acetylenes is 2. The molecule has 0 N–H and O–H groups in total. The van der Waals surface area contributed by atoms with Crippen LogP contribution in [0.3, 0.4) is 0 Å². The van der Waals surface area contributed by atoms with Gasteiger partial charge in [0.1, 0.15) is 12.2 Å². The highest BCUT2D eigenvalue weighted by Gasteiger charge is 2.16. The van der Waals surface area contributed by atoms with E-state index in [2.05, 4.69) is 50.0 Å². The molecule has 0 saturated carbocycles. The van der Waals surface area contributed by atoms with Gasteiger partial charge in [-0.15, -0.1) is 12.8 Å². The molecule has 2 atom stereocenters. The normalized spacial score (nSPS) is 12.8. The molecule has 25 heavy (non-hydrogen) atoms. The molecule has 0 aliphatic carbocycles. The van der Waals surface area contributed by atoms with E-state index in [0.29, 0.717) is 0 Å². The van der Waals surface area contributed by atoms with Gasteiger partial charge in [0, 0.05) is 0 Å². The van der Waals surface area contributed by atoms with Crippen molar-refractivity contribution in [3.63, 3.8) is 0 Å². The Hall–Kier alpha value is -2.48. The second-order valence-electron chi connectivity index (χ2n) is 6.21. The topological polar surface area (TPSA) is 9.23 Å². The summed E-state index contributed by atoms with van der Waals surface area (Å²) >= 11 is 0. The van der Waals surface area contributed by atoms with Gasteiger partial charge in [-0.2, -0.15) is 0 Å². The summed E-state index contributed by atoms with van der Waals surface area (Å²) in [5.74, 6) is 5.44. The van der Waals surface area contributed by atoms with Crippen LogP contribution in [0.15, 0.2) is 48.5 Å². The highest BCUT2D eigenvalue weighted by Crippen LogP contribution is 2.27. The van der Waals surface area contributed by atoms with Gasteiger partial charge in [-0.05, 0) is 35.1 Å². The Morgan fingerprint density at radius 1 is 0.720 bits per heavy atom. The van der Waals surface area contributed by atoms with Crippen LogP contribution in [0.4, 0.5) is 0 Å². The van der Waals surface area contributed by atoms with Crippen molar-refractivity contribution < 1.29 is 4.74 Å². The van der Waals surface area contributed by atoms with Crippen molar-refractivity contribution >= 4 is 0 Å². The maximum absolute atomic E-state index is 6.05. The number of hydrogen-bond acceptors (Lipinski definition) is 1. The molecule has 2 rings (SSSR count). The molecule has 0 amide bonds. The fraction of sp³-hybridized carbons (Fsp3) is 0.333. The van der Waals surface area contributed by atoms with Gasteiger partial charge in [-0.25, -0.2) is 0 Å². The molecule has 0 saturated heterocycles. The Morgan fingerprint density at radius 3 is 1.36 bits per heavy atom. The molecule has 0 spiro atoms. The van der Waals surface area contributed by atoms with E-state index in [-0.39, 0.29) is 0 Å². The molecule has 0 fully saturated rings. The van der Waals surface area contributed by atoms with Gasteiger partial charge in [-0.1, -0.05) is 87.1 Å². The minimum absolute atomic E-state index is 0.452. The molecule has 0 bridgehead atoms. The van der Waals surface area contributed by atoms with Crippen molar-refractivity contribution in [2.75, 3.05) is 0 Å². The Morgan fingerprint density at radius 2 is 1.08 bits per heavy atom. The predicted octanol–water partition coefficient (Wildman–Crippen LogP) is 5.66. The second-order valence-corrected chi connectivity index (χ2v) is 6.21. The number of ether oxygens (including phenoxy) is 1. The predicted molar refractivity (Wildman–Crippen MR) is 105 cm³/mol. The first-order chi connectivity index (χ1) is 12.2. The number of benzene rings is 2. The van der Waals surface area contributed by atoms with Gasteiger partial charge in [-0.3, -0.25) is 0 Å². The van der Waals surface area contributed by atoms with Gasteiger partial charge >= 0.3 is 0 Å². The van der Waals surface area contributed by atoms with Gasteiger partial charge in [0.2, 0.25) is 0 Å². The zero-order chi connectivity index (χ0) is 18.1. The maximum atomic E-state index is 6.05. The molecular formula is C24H26O. The molecule has 0 aliphatic heterocycles. The Bertz CT molecular complexity index is 660. The van der Waals surface area contributed by atoms with Crippen molar-refractivity contribution in [1.29, 1.82) is 0 Å². The molecule has 2 aromatic carbocycles. The van der Waals surface area contributed by atoms with E-state index in [1.54, 1.807) is 0 Å². The van der Waals surface area contributed by atoms with Crippen molar-refractivity contribution in [1.82, 2.24) is 0 Å². The Kier molecular flexibility index (Phi) is 7.34. The molecule has 2 unspecified atom stereocenters. The lowest BCUT2D eigenvalue weighted by Gasteiger charge is -2.19. The SMILES string of the molecule is C#CC(OC(C#C)c1ccc(CCC)cc1)c1ccc(CCC)cc1. The lowest BCUT2D eigenvalue weighted by Crippen LogP contribution is -2.08. The molecule has 1 nitrogen and oxygen atoms in total. The van der Waals surface area contributed by atoms with Crippen molar-refractivity contribution in [3.8, 4) is 24.7 Å². The largest absolute Gasteiger partial charge is 0.340 e. The van der Waals surface area contributed by atoms with E-state index in [1.807, 2.05) is 24.3 Å². The van der Waals surface area contributed by atoms with Crippen LogP contribution in [0, 0.1) is 24.7 Å². The number of rotatable bonds is 8. The fourth-order valence-corrected chi connectivity index (χ4v) is 2.86. The summed E-state index contributed by atoms with van der Waals surface area (Å²) in [5.41, 5.74) is 4.54. The third kappa shape index (κ3) is 5.25. The first-order valence-corrected chi connectivity index (χ1v) is 8.97. The smallest absolute Gasteiger partial charge is 0.145 e. The summed E-state index contributed by atoms with van der Waals surface area (Å²) in [6.07, 6.45) is 14.9. The summed E-state index contributed by atoms with van der Waals surface area (Å²) < 4.78 is 6.05. The highest BCUT2D eigenvalue weighted by atomic mass is 16.5. The summed E-state index contributed by atoms with van der Waals surface area (Å²) in [4.78, 5) is 0. The maximum Gasteiger partial charge on any atom is 0.145 e. The number of hydrogen-bond donors (Lipinski definition) is 0. The zero-order valence-electron chi connectivity index (χ0n) is 15.2. The molecule has 0 radical (unpaired) electrons. The second kappa shape index (κ2) is 9.73. The van der Waals surface area contributed by atoms with Crippen LogP contribution in [0.2, 0.25) is 0 Å². The molecule has 0 aromatic heterocycles. The third-order valence-electron chi connectivity index (χ3n) is 4.22. The van der Waals surface area contributed by atoms with Crippen LogP contribution >= 0.6 is 0 Å². The molecule has 0 heterocycles. The van der Waals surface area contributed by atoms with E-state index in [0.717, 1.165) is 36.8 Å². The minimum Gasteiger partial charge on any atom is -0.340 e. The quantitative estimate of drug-likeness (QED) is 0.568. The van der Waals surface area contributed by atoms with Crippen LogP contribution in [-0.4, -0.2) is 0 Å². The van der Waals surface area contributed by atoms with Crippen molar-refractivity contribution in [3.05, 3.63) is 70.8 Å². The van der Waals surface area contributed by atoms with Crippen molar-refractivity contribution in [2.24, 2.45) is 0 Å². The lowest BCUT2D eigenvalue weighted by atomic mass is 10.0. The van der Waals surface area contributed by atoms with Gasteiger partial charge in [0.15, 0.2) is 0 Å². The van der Waals surface area contributed by atoms with Crippen LogP contribution in [0.5, 0.6) is 0 Å². The first kappa shape index (κ1) is 18.9.